The van der Waals surface area contributed by atoms with Crippen molar-refractivity contribution in [1.82, 2.24) is 0 Å². The molecule has 2 amide bonds. The lowest BCUT2D eigenvalue weighted by atomic mass is 10.0. The number of hydrogen-bond acceptors (Lipinski definition) is 4. The molecule has 5 nitrogen and oxygen atoms in total. The lowest BCUT2D eigenvalue weighted by molar-refractivity contribution is 0.102. The van der Waals surface area contributed by atoms with Crippen LogP contribution in [0.4, 0.5) is 11.4 Å². The molecule has 0 spiro atoms. The second kappa shape index (κ2) is 8.16. The largest absolute Gasteiger partial charge is 0.497 e. The second-order valence-electron chi connectivity index (χ2n) is 6.36. The van der Waals surface area contributed by atoms with Crippen molar-refractivity contribution in [3.05, 3.63) is 88.6 Å². The summed E-state index contributed by atoms with van der Waals surface area (Å²) in [7, 11) is 1.59. The highest BCUT2D eigenvalue weighted by molar-refractivity contribution is 7.12. The molecule has 0 bridgehead atoms. The molecule has 0 aliphatic rings. The van der Waals surface area contributed by atoms with Gasteiger partial charge < -0.3 is 15.4 Å². The number of rotatable bonds is 5. The Bertz CT molecular complexity index is 1170. The van der Waals surface area contributed by atoms with Crippen molar-refractivity contribution in [2.75, 3.05) is 17.7 Å². The normalized spacial score (nSPS) is 10.5. The molecule has 29 heavy (non-hydrogen) atoms. The van der Waals surface area contributed by atoms with Gasteiger partial charge in [0.05, 0.1) is 23.2 Å². The summed E-state index contributed by atoms with van der Waals surface area (Å²) in [5.41, 5.74) is 1.50. The van der Waals surface area contributed by atoms with Crippen molar-refractivity contribution in [2.45, 2.75) is 0 Å². The second-order valence-corrected chi connectivity index (χ2v) is 7.31. The van der Waals surface area contributed by atoms with E-state index in [0.29, 0.717) is 27.6 Å². The molecule has 0 saturated carbocycles. The number of fused-ring (bicyclic) bond motifs is 1. The van der Waals surface area contributed by atoms with Gasteiger partial charge in [0.2, 0.25) is 0 Å². The van der Waals surface area contributed by atoms with Crippen LogP contribution in [-0.2, 0) is 0 Å². The van der Waals surface area contributed by atoms with Crippen LogP contribution in [0.15, 0.2) is 78.2 Å². The molecule has 4 aromatic rings. The summed E-state index contributed by atoms with van der Waals surface area (Å²) < 4.78 is 5.15. The van der Waals surface area contributed by atoms with Gasteiger partial charge in [0.15, 0.2) is 0 Å². The predicted molar refractivity (Wildman–Crippen MR) is 117 cm³/mol. The van der Waals surface area contributed by atoms with Gasteiger partial charge in [0, 0.05) is 5.69 Å². The predicted octanol–water partition coefficient (Wildman–Crippen LogP) is 5.41. The van der Waals surface area contributed by atoms with Crippen LogP contribution in [0.3, 0.4) is 0 Å². The van der Waals surface area contributed by atoms with E-state index in [1.54, 1.807) is 43.5 Å². The van der Waals surface area contributed by atoms with Gasteiger partial charge in [-0.2, -0.15) is 0 Å². The molecule has 1 aromatic heterocycles. The van der Waals surface area contributed by atoms with Gasteiger partial charge in [-0.05, 0) is 58.6 Å². The summed E-state index contributed by atoms with van der Waals surface area (Å²) in [6.45, 7) is 0. The van der Waals surface area contributed by atoms with Gasteiger partial charge in [-0.3, -0.25) is 9.59 Å². The summed E-state index contributed by atoms with van der Waals surface area (Å²) in [5.74, 6) is 0.161. The van der Waals surface area contributed by atoms with Crippen LogP contribution < -0.4 is 15.4 Å². The van der Waals surface area contributed by atoms with Gasteiger partial charge in [0.25, 0.3) is 11.8 Å². The van der Waals surface area contributed by atoms with Crippen molar-refractivity contribution in [3.8, 4) is 5.75 Å². The molecule has 2 N–H and O–H groups in total. The highest BCUT2D eigenvalue weighted by atomic mass is 32.1. The summed E-state index contributed by atoms with van der Waals surface area (Å²) in [6.07, 6.45) is 0. The first-order valence-electron chi connectivity index (χ1n) is 8.97. The number of benzene rings is 3. The summed E-state index contributed by atoms with van der Waals surface area (Å²) in [5, 5.41) is 9.46. The zero-order valence-corrected chi connectivity index (χ0v) is 16.5. The lowest BCUT2D eigenvalue weighted by Gasteiger charge is -2.13. The summed E-state index contributed by atoms with van der Waals surface area (Å²) in [6, 6.07) is 22.0. The highest BCUT2D eigenvalue weighted by Gasteiger charge is 2.16. The van der Waals surface area contributed by atoms with E-state index in [-0.39, 0.29) is 11.8 Å². The Labute approximate surface area is 171 Å². The fourth-order valence-electron chi connectivity index (χ4n) is 3.00. The van der Waals surface area contributed by atoms with Gasteiger partial charge in [-0.25, -0.2) is 0 Å². The Morgan fingerprint density at radius 2 is 1.55 bits per heavy atom. The zero-order valence-electron chi connectivity index (χ0n) is 15.6. The van der Waals surface area contributed by atoms with Crippen LogP contribution in [0.25, 0.3) is 10.8 Å². The molecule has 144 valence electrons. The number of amides is 2. The smallest absolute Gasteiger partial charge is 0.265 e. The number of ether oxygens (including phenoxy) is 1. The van der Waals surface area contributed by atoms with Gasteiger partial charge in [0.1, 0.15) is 5.75 Å². The molecule has 0 fully saturated rings. The molecule has 0 atom stereocenters. The lowest BCUT2D eigenvalue weighted by Crippen LogP contribution is -2.18. The molecule has 4 rings (SSSR count). The maximum Gasteiger partial charge on any atom is 0.265 e. The molecule has 6 heteroatoms. The number of carbonyl (C=O) groups is 2. The number of methoxy groups -OCH3 is 1. The van der Waals surface area contributed by atoms with E-state index < -0.39 is 0 Å². The number of hydrogen-bond donors (Lipinski definition) is 2. The first kappa shape index (κ1) is 18.7. The van der Waals surface area contributed by atoms with E-state index in [4.69, 9.17) is 4.74 Å². The Balaban J connectivity index is 1.68. The first-order valence-corrected chi connectivity index (χ1v) is 9.85. The SMILES string of the molecule is COc1ccc(NC(=O)c2cc3ccccc3cc2NC(=O)c2cccs2)cc1. The minimum absolute atomic E-state index is 0.242. The Morgan fingerprint density at radius 3 is 2.21 bits per heavy atom. The van der Waals surface area contributed by atoms with E-state index in [2.05, 4.69) is 10.6 Å². The number of thiophene rings is 1. The highest BCUT2D eigenvalue weighted by Crippen LogP contribution is 2.26. The maximum atomic E-state index is 13.0. The monoisotopic (exact) mass is 402 g/mol. The van der Waals surface area contributed by atoms with Crippen molar-refractivity contribution in [2.24, 2.45) is 0 Å². The summed E-state index contributed by atoms with van der Waals surface area (Å²) >= 11 is 1.35. The number of nitrogens with one attached hydrogen (secondary N) is 2. The van der Waals surface area contributed by atoms with Gasteiger partial charge in [-0.1, -0.05) is 30.3 Å². The van der Waals surface area contributed by atoms with Gasteiger partial charge in [-0.15, -0.1) is 11.3 Å². The average Bonchev–Trinajstić information content (AvgIpc) is 3.29. The van der Waals surface area contributed by atoms with E-state index in [1.807, 2.05) is 41.8 Å². The third kappa shape index (κ3) is 4.12. The van der Waals surface area contributed by atoms with Crippen molar-refractivity contribution >= 4 is 45.3 Å². The Hall–Kier alpha value is -3.64. The number of anilines is 2. The molecule has 0 unspecified atom stereocenters. The fourth-order valence-corrected chi connectivity index (χ4v) is 3.61. The first-order chi connectivity index (χ1) is 14.1. The molecular weight excluding hydrogens is 384 g/mol. The minimum atomic E-state index is -0.303. The topological polar surface area (TPSA) is 67.4 Å². The molecule has 1 heterocycles. The van der Waals surface area contributed by atoms with Crippen LogP contribution >= 0.6 is 11.3 Å². The standard InChI is InChI=1S/C23H18N2O3S/c1-28-18-10-8-17(9-11-18)24-22(26)19-13-15-5-2-3-6-16(15)14-20(19)25-23(27)21-7-4-12-29-21/h2-14H,1H3,(H,24,26)(H,25,27). The van der Waals surface area contributed by atoms with E-state index >= 15 is 0 Å². The number of carbonyl (C=O) groups excluding carboxylic acids is 2. The van der Waals surface area contributed by atoms with E-state index in [1.165, 1.54) is 11.3 Å². The molecule has 0 saturated heterocycles. The zero-order chi connectivity index (χ0) is 20.2. The van der Waals surface area contributed by atoms with Crippen LogP contribution in [0.5, 0.6) is 5.75 Å². The van der Waals surface area contributed by atoms with Crippen LogP contribution in [-0.4, -0.2) is 18.9 Å². The van der Waals surface area contributed by atoms with Crippen LogP contribution in [0.1, 0.15) is 20.0 Å². The molecule has 0 aliphatic heterocycles. The third-order valence-electron chi connectivity index (χ3n) is 4.47. The van der Waals surface area contributed by atoms with Crippen LogP contribution in [0, 0.1) is 0 Å². The minimum Gasteiger partial charge on any atom is -0.497 e. The average molecular weight is 402 g/mol. The van der Waals surface area contributed by atoms with Crippen molar-refractivity contribution in [1.29, 1.82) is 0 Å². The molecular formula is C23H18N2O3S. The van der Waals surface area contributed by atoms with Crippen molar-refractivity contribution < 1.29 is 14.3 Å². The van der Waals surface area contributed by atoms with E-state index in [9.17, 15) is 9.59 Å². The molecule has 0 radical (unpaired) electrons. The van der Waals surface area contributed by atoms with Crippen LogP contribution in [0.2, 0.25) is 0 Å². The quantitative estimate of drug-likeness (QED) is 0.469. The molecule has 0 aliphatic carbocycles. The Morgan fingerprint density at radius 1 is 0.828 bits per heavy atom. The summed E-state index contributed by atoms with van der Waals surface area (Å²) in [4.78, 5) is 26.2. The van der Waals surface area contributed by atoms with Crippen molar-refractivity contribution in [3.63, 3.8) is 0 Å². The molecule has 3 aromatic carbocycles. The third-order valence-corrected chi connectivity index (χ3v) is 5.34. The fraction of sp³-hybridized carbons (Fsp3) is 0.0435. The van der Waals surface area contributed by atoms with Gasteiger partial charge >= 0.3 is 0 Å². The Kier molecular flexibility index (Phi) is 5.27. The maximum absolute atomic E-state index is 13.0. The van der Waals surface area contributed by atoms with E-state index in [0.717, 1.165) is 10.8 Å².